The van der Waals surface area contributed by atoms with Crippen LogP contribution >= 0.6 is 0 Å². The Morgan fingerprint density at radius 1 is 0.700 bits per heavy atom. The van der Waals surface area contributed by atoms with E-state index in [1.807, 2.05) is 0 Å². The normalized spacial score (nSPS) is 7.90. The third-order valence-electron chi connectivity index (χ3n) is 1.57. The Labute approximate surface area is 117 Å². The number of esters is 2. The van der Waals surface area contributed by atoms with E-state index in [2.05, 4.69) is 45.0 Å². The van der Waals surface area contributed by atoms with Crippen molar-refractivity contribution in [3.63, 3.8) is 0 Å². The van der Waals surface area contributed by atoms with E-state index in [0.29, 0.717) is 0 Å². The van der Waals surface area contributed by atoms with Crippen molar-refractivity contribution in [1.82, 2.24) is 0 Å². The van der Waals surface area contributed by atoms with Crippen LogP contribution in [0.3, 0.4) is 0 Å². The molecule has 6 nitrogen and oxygen atoms in total. The first-order valence-corrected chi connectivity index (χ1v) is 5.45. The SMILES string of the molecule is COC(=O)C#CCOCC#CCOCC#CC(=O)OC. The standard InChI is InChI=1S/C14H14O6/c1-17-13(15)7-5-11-19-9-3-4-10-20-12-6-8-14(16)18-2/h9-12H2,1-2H3. The number of hydrogen-bond donors (Lipinski definition) is 0. The molecule has 0 saturated heterocycles. The van der Waals surface area contributed by atoms with Gasteiger partial charge in [0, 0.05) is 11.8 Å². The van der Waals surface area contributed by atoms with Crippen molar-refractivity contribution in [1.29, 1.82) is 0 Å². The number of carbonyl (C=O) groups is 2. The lowest BCUT2D eigenvalue weighted by atomic mass is 10.5. The maximum atomic E-state index is 10.6. The van der Waals surface area contributed by atoms with Gasteiger partial charge in [0.05, 0.1) is 14.2 Å². The second kappa shape index (κ2) is 13.0. The van der Waals surface area contributed by atoms with Crippen molar-refractivity contribution in [3.05, 3.63) is 0 Å². The molecule has 0 fully saturated rings. The van der Waals surface area contributed by atoms with Gasteiger partial charge in [-0.05, 0) is 0 Å². The molecule has 0 bridgehead atoms. The highest BCUT2D eigenvalue weighted by Gasteiger charge is 1.88. The Kier molecular flexibility index (Phi) is 11.4. The van der Waals surface area contributed by atoms with Crippen molar-refractivity contribution >= 4 is 11.9 Å². The summed E-state index contributed by atoms with van der Waals surface area (Å²) in [5, 5.41) is 0. The van der Waals surface area contributed by atoms with Crippen LogP contribution in [-0.4, -0.2) is 52.6 Å². The Hall–Kier alpha value is -2.46. The van der Waals surface area contributed by atoms with E-state index in [1.54, 1.807) is 0 Å². The Morgan fingerprint density at radius 2 is 1.05 bits per heavy atom. The van der Waals surface area contributed by atoms with Crippen molar-refractivity contribution in [2.75, 3.05) is 40.6 Å². The molecule has 0 N–H and O–H groups in total. The van der Waals surface area contributed by atoms with Crippen LogP contribution in [0, 0.1) is 35.5 Å². The maximum Gasteiger partial charge on any atom is 0.384 e. The van der Waals surface area contributed by atoms with Crippen molar-refractivity contribution in [2.45, 2.75) is 0 Å². The van der Waals surface area contributed by atoms with Gasteiger partial charge in [-0.15, -0.1) is 0 Å². The van der Waals surface area contributed by atoms with Gasteiger partial charge >= 0.3 is 11.9 Å². The summed E-state index contributed by atoms with van der Waals surface area (Å²) in [5.41, 5.74) is 0. The Bertz CT molecular complexity index is 445. The molecule has 0 unspecified atom stereocenters. The summed E-state index contributed by atoms with van der Waals surface area (Å²) in [5.74, 6) is 13.5. The summed E-state index contributed by atoms with van der Waals surface area (Å²) in [6.07, 6.45) is 0. The number of hydrogen-bond acceptors (Lipinski definition) is 6. The highest BCUT2D eigenvalue weighted by Crippen LogP contribution is 1.75. The summed E-state index contributed by atoms with van der Waals surface area (Å²) >= 11 is 0. The van der Waals surface area contributed by atoms with E-state index in [1.165, 1.54) is 14.2 Å². The molecular weight excluding hydrogens is 264 g/mol. The second-order valence-electron chi connectivity index (χ2n) is 2.93. The lowest BCUT2D eigenvalue weighted by molar-refractivity contribution is -0.134. The van der Waals surface area contributed by atoms with Gasteiger partial charge in [0.15, 0.2) is 0 Å². The van der Waals surface area contributed by atoms with Crippen molar-refractivity contribution in [3.8, 4) is 35.5 Å². The first kappa shape index (κ1) is 17.5. The predicted molar refractivity (Wildman–Crippen MR) is 69.0 cm³/mol. The van der Waals surface area contributed by atoms with Crippen LogP contribution in [0.4, 0.5) is 0 Å². The average molecular weight is 278 g/mol. The molecular formula is C14H14O6. The topological polar surface area (TPSA) is 71.1 Å². The van der Waals surface area contributed by atoms with Crippen molar-refractivity contribution in [2.24, 2.45) is 0 Å². The van der Waals surface area contributed by atoms with Crippen LogP contribution < -0.4 is 0 Å². The summed E-state index contributed by atoms with van der Waals surface area (Å²) in [7, 11) is 2.50. The largest absolute Gasteiger partial charge is 0.459 e. The second-order valence-corrected chi connectivity index (χ2v) is 2.93. The molecule has 0 radical (unpaired) electrons. The van der Waals surface area contributed by atoms with Gasteiger partial charge in [-0.1, -0.05) is 23.7 Å². The van der Waals surface area contributed by atoms with Gasteiger partial charge in [0.2, 0.25) is 0 Å². The van der Waals surface area contributed by atoms with Gasteiger partial charge in [0.1, 0.15) is 26.4 Å². The van der Waals surface area contributed by atoms with E-state index >= 15 is 0 Å². The van der Waals surface area contributed by atoms with Crippen LogP contribution in [0.1, 0.15) is 0 Å². The minimum atomic E-state index is -0.610. The van der Waals surface area contributed by atoms with Gasteiger partial charge in [-0.25, -0.2) is 9.59 Å². The van der Waals surface area contributed by atoms with E-state index in [0.717, 1.165) is 0 Å². The molecule has 0 rings (SSSR count). The molecule has 0 aliphatic carbocycles. The molecule has 0 aromatic heterocycles. The molecule has 0 aliphatic heterocycles. The quantitative estimate of drug-likeness (QED) is 0.295. The number of rotatable bonds is 4. The van der Waals surface area contributed by atoms with Gasteiger partial charge in [-0.2, -0.15) is 0 Å². The average Bonchev–Trinajstić information content (AvgIpc) is 2.47. The van der Waals surface area contributed by atoms with E-state index in [4.69, 9.17) is 9.47 Å². The van der Waals surface area contributed by atoms with E-state index < -0.39 is 11.9 Å². The van der Waals surface area contributed by atoms with Crippen LogP contribution in [0.5, 0.6) is 0 Å². The van der Waals surface area contributed by atoms with Crippen LogP contribution in [0.2, 0.25) is 0 Å². The Morgan fingerprint density at radius 3 is 1.40 bits per heavy atom. The fourth-order valence-corrected chi connectivity index (χ4v) is 0.727. The molecule has 0 aromatic carbocycles. The first-order valence-electron chi connectivity index (χ1n) is 5.45. The zero-order valence-electron chi connectivity index (χ0n) is 11.3. The smallest absolute Gasteiger partial charge is 0.384 e. The molecule has 6 heteroatoms. The molecule has 0 aliphatic rings. The summed E-state index contributed by atoms with van der Waals surface area (Å²) in [6.45, 7) is 0.532. The molecule has 0 amide bonds. The van der Waals surface area contributed by atoms with Crippen molar-refractivity contribution < 1.29 is 28.5 Å². The predicted octanol–water partition coefficient (Wildman–Crippen LogP) is -0.624. The van der Waals surface area contributed by atoms with Gasteiger partial charge < -0.3 is 18.9 Å². The third-order valence-corrected chi connectivity index (χ3v) is 1.57. The summed E-state index contributed by atoms with van der Waals surface area (Å²) in [4.78, 5) is 21.2. The fourth-order valence-electron chi connectivity index (χ4n) is 0.727. The number of carbonyl (C=O) groups excluding carboxylic acids is 2. The minimum Gasteiger partial charge on any atom is -0.459 e. The molecule has 0 heterocycles. The molecule has 0 saturated carbocycles. The highest BCUT2D eigenvalue weighted by atomic mass is 16.5. The maximum absolute atomic E-state index is 10.6. The lowest BCUT2D eigenvalue weighted by Gasteiger charge is -1.91. The zero-order chi connectivity index (χ0) is 15.1. The molecule has 0 aromatic rings. The third kappa shape index (κ3) is 12.0. The fraction of sp³-hybridized carbons (Fsp3) is 0.429. The van der Waals surface area contributed by atoms with Gasteiger partial charge in [0.25, 0.3) is 0 Å². The highest BCUT2D eigenvalue weighted by molar-refractivity contribution is 5.88. The molecule has 0 atom stereocenters. The summed E-state index contributed by atoms with van der Waals surface area (Å²) in [6, 6.07) is 0. The first-order chi connectivity index (χ1) is 9.70. The van der Waals surface area contributed by atoms with Crippen LogP contribution in [-0.2, 0) is 28.5 Å². The molecule has 106 valence electrons. The minimum absolute atomic E-state index is 0.0925. The lowest BCUT2D eigenvalue weighted by Crippen LogP contribution is -1.98. The number of ether oxygens (including phenoxy) is 4. The monoisotopic (exact) mass is 278 g/mol. The van der Waals surface area contributed by atoms with Gasteiger partial charge in [-0.3, -0.25) is 0 Å². The number of methoxy groups -OCH3 is 2. The molecule has 0 spiro atoms. The Balaban J connectivity index is 3.54. The summed E-state index contributed by atoms with van der Waals surface area (Å²) < 4.78 is 18.6. The zero-order valence-corrected chi connectivity index (χ0v) is 11.3. The van der Waals surface area contributed by atoms with E-state index in [9.17, 15) is 9.59 Å². The van der Waals surface area contributed by atoms with E-state index in [-0.39, 0.29) is 26.4 Å². The molecule has 20 heavy (non-hydrogen) atoms. The van der Waals surface area contributed by atoms with Crippen LogP contribution in [0.15, 0.2) is 0 Å². The van der Waals surface area contributed by atoms with Crippen LogP contribution in [0.25, 0.3) is 0 Å².